The molecule has 0 spiro atoms. The van der Waals surface area contributed by atoms with E-state index in [2.05, 4.69) is 27.5 Å². The van der Waals surface area contributed by atoms with Gasteiger partial charge in [0.05, 0.1) is 0 Å². The van der Waals surface area contributed by atoms with Gasteiger partial charge in [-0.25, -0.2) is 9.97 Å². The highest BCUT2D eigenvalue weighted by molar-refractivity contribution is 7.18. The summed E-state index contributed by atoms with van der Waals surface area (Å²) in [4.78, 5) is 21.5. The smallest absolute Gasteiger partial charge is 0.225 e. The van der Waals surface area contributed by atoms with Crippen LogP contribution in [0.5, 0.6) is 0 Å². The minimum absolute atomic E-state index is 0.0537. The number of hydrogen-bond donors (Lipinski definition) is 2. The molecule has 0 aliphatic heterocycles. The summed E-state index contributed by atoms with van der Waals surface area (Å²) in [6.07, 6.45) is 0.961. The molecule has 0 saturated carbocycles. The van der Waals surface area contributed by atoms with Gasteiger partial charge in [0, 0.05) is 30.3 Å². The van der Waals surface area contributed by atoms with Crippen LogP contribution in [0.25, 0.3) is 10.2 Å². The second-order valence-corrected chi connectivity index (χ2v) is 5.51. The van der Waals surface area contributed by atoms with Crippen molar-refractivity contribution in [1.82, 2.24) is 15.3 Å². The number of rotatable bonds is 5. The minimum Gasteiger partial charge on any atom is -0.355 e. The quantitative estimate of drug-likeness (QED) is 0.657. The van der Waals surface area contributed by atoms with E-state index >= 15 is 0 Å². The maximum absolute atomic E-state index is 10.7. The second-order valence-electron chi connectivity index (χ2n) is 4.03. The number of anilines is 1. The number of nitrogens with one attached hydrogen (secondary N) is 2. The average molecular weight is 299 g/mol. The number of carbonyl (C=O) groups is 1. The largest absolute Gasteiger partial charge is 0.355 e. The Kier molecular flexibility index (Phi) is 4.55. The highest BCUT2D eigenvalue weighted by Crippen LogP contribution is 2.29. The number of thiophene rings is 1. The zero-order chi connectivity index (χ0) is 13.8. The number of carbonyl (C=O) groups excluding carboxylic acids is 1. The molecule has 2 N–H and O–H groups in total. The molecule has 0 radical (unpaired) electrons. The molecule has 0 aliphatic rings. The van der Waals surface area contributed by atoms with Gasteiger partial charge >= 0.3 is 0 Å². The zero-order valence-electron chi connectivity index (χ0n) is 10.8. The standard InChI is InChI=1S/C12H15ClN4OS/c1-3-8-6-9-10(13)16-12(17-11(9)19-8)15-5-4-14-7(2)18/h6H,3-5H2,1-2H3,(H,14,18)(H,15,16,17). The Bertz CT molecular complexity index is 599. The molecule has 2 aromatic rings. The number of amides is 1. The van der Waals surface area contributed by atoms with Crippen LogP contribution in [-0.4, -0.2) is 29.0 Å². The van der Waals surface area contributed by atoms with E-state index in [-0.39, 0.29) is 5.91 Å². The molecule has 7 heteroatoms. The van der Waals surface area contributed by atoms with Gasteiger partial charge < -0.3 is 10.6 Å². The number of hydrogen-bond acceptors (Lipinski definition) is 5. The maximum Gasteiger partial charge on any atom is 0.225 e. The molecule has 19 heavy (non-hydrogen) atoms. The fourth-order valence-electron chi connectivity index (χ4n) is 1.60. The fraction of sp³-hybridized carbons (Fsp3) is 0.417. The summed E-state index contributed by atoms with van der Waals surface area (Å²) in [7, 11) is 0. The van der Waals surface area contributed by atoms with E-state index in [1.165, 1.54) is 11.8 Å². The average Bonchev–Trinajstić information content (AvgIpc) is 2.78. The van der Waals surface area contributed by atoms with Crippen LogP contribution in [0.15, 0.2) is 6.07 Å². The van der Waals surface area contributed by atoms with Crippen molar-refractivity contribution < 1.29 is 4.79 Å². The van der Waals surface area contributed by atoms with E-state index in [1.54, 1.807) is 11.3 Å². The summed E-state index contributed by atoms with van der Waals surface area (Å²) in [5.41, 5.74) is 0. The molecule has 0 atom stereocenters. The van der Waals surface area contributed by atoms with Crippen LogP contribution in [0.1, 0.15) is 18.7 Å². The molecule has 0 unspecified atom stereocenters. The van der Waals surface area contributed by atoms with E-state index in [4.69, 9.17) is 11.6 Å². The predicted octanol–water partition coefficient (Wildman–Crippen LogP) is 2.46. The van der Waals surface area contributed by atoms with Gasteiger partial charge in [0.1, 0.15) is 9.98 Å². The van der Waals surface area contributed by atoms with Crippen LogP contribution >= 0.6 is 22.9 Å². The number of aromatic nitrogens is 2. The molecule has 0 bridgehead atoms. The van der Waals surface area contributed by atoms with Gasteiger partial charge in [-0.1, -0.05) is 18.5 Å². The number of fused-ring (bicyclic) bond motifs is 1. The Labute approximate surface area is 120 Å². The Morgan fingerprint density at radius 1 is 1.42 bits per heavy atom. The van der Waals surface area contributed by atoms with E-state index in [0.29, 0.717) is 24.2 Å². The van der Waals surface area contributed by atoms with Gasteiger partial charge in [0.2, 0.25) is 11.9 Å². The van der Waals surface area contributed by atoms with Gasteiger partial charge in [-0.15, -0.1) is 11.3 Å². The third kappa shape index (κ3) is 3.54. The topological polar surface area (TPSA) is 66.9 Å². The van der Waals surface area contributed by atoms with Crippen LogP contribution in [0.2, 0.25) is 5.15 Å². The molecule has 0 aliphatic carbocycles. The summed E-state index contributed by atoms with van der Waals surface area (Å²) in [5.74, 6) is 0.439. The molecule has 1 amide bonds. The lowest BCUT2D eigenvalue weighted by Crippen LogP contribution is -2.26. The van der Waals surface area contributed by atoms with Crippen molar-refractivity contribution in [2.75, 3.05) is 18.4 Å². The van der Waals surface area contributed by atoms with E-state index in [0.717, 1.165) is 16.6 Å². The summed E-state index contributed by atoms with van der Waals surface area (Å²) in [5, 5.41) is 7.10. The molecule has 2 aromatic heterocycles. The molecule has 0 aromatic carbocycles. The lowest BCUT2D eigenvalue weighted by atomic mass is 10.3. The van der Waals surface area contributed by atoms with Gasteiger partial charge in [-0.05, 0) is 12.5 Å². The minimum atomic E-state index is -0.0537. The molecule has 0 fully saturated rings. The molecular weight excluding hydrogens is 284 g/mol. The van der Waals surface area contributed by atoms with Crippen LogP contribution in [0.3, 0.4) is 0 Å². The van der Waals surface area contributed by atoms with Crippen molar-refractivity contribution in [1.29, 1.82) is 0 Å². The van der Waals surface area contributed by atoms with Crippen LogP contribution in [0.4, 0.5) is 5.95 Å². The third-order valence-electron chi connectivity index (χ3n) is 2.53. The summed E-state index contributed by atoms with van der Waals surface area (Å²) in [6.45, 7) is 4.67. The molecule has 102 valence electrons. The monoisotopic (exact) mass is 298 g/mol. The molecule has 2 rings (SSSR count). The maximum atomic E-state index is 10.7. The number of halogens is 1. The van der Waals surface area contributed by atoms with Crippen LogP contribution in [-0.2, 0) is 11.2 Å². The first-order valence-electron chi connectivity index (χ1n) is 6.04. The third-order valence-corrected chi connectivity index (χ3v) is 3.99. The van der Waals surface area contributed by atoms with Crippen molar-refractivity contribution in [3.63, 3.8) is 0 Å². The Balaban J connectivity index is 2.09. The van der Waals surface area contributed by atoms with Crippen LogP contribution in [0, 0.1) is 0 Å². The Morgan fingerprint density at radius 3 is 2.89 bits per heavy atom. The number of nitrogens with zero attached hydrogens (tertiary/aromatic N) is 2. The van der Waals surface area contributed by atoms with Crippen LogP contribution < -0.4 is 10.6 Å². The first kappa shape index (κ1) is 14.0. The molecular formula is C12H15ClN4OS. The van der Waals surface area contributed by atoms with E-state index in [9.17, 15) is 4.79 Å². The summed E-state index contributed by atoms with van der Waals surface area (Å²) >= 11 is 7.77. The first-order valence-corrected chi connectivity index (χ1v) is 7.24. The second kappa shape index (κ2) is 6.16. The van der Waals surface area contributed by atoms with E-state index < -0.39 is 0 Å². The van der Waals surface area contributed by atoms with Crippen molar-refractivity contribution >= 4 is 45.0 Å². The van der Waals surface area contributed by atoms with Crippen molar-refractivity contribution in [2.45, 2.75) is 20.3 Å². The fourth-order valence-corrected chi connectivity index (χ4v) is 2.85. The number of aryl methyl sites for hydroxylation is 1. The van der Waals surface area contributed by atoms with Gasteiger partial charge in [-0.3, -0.25) is 4.79 Å². The van der Waals surface area contributed by atoms with Gasteiger partial charge in [-0.2, -0.15) is 0 Å². The van der Waals surface area contributed by atoms with Gasteiger partial charge in [0.25, 0.3) is 0 Å². The zero-order valence-corrected chi connectivity index (χ0v) is 12.4. The van der Waals surface area contributed by atoms with Gasteiger partial charge in [0.15, 0.2) is 0 Å². The Hall–Kier alpha value is -1.40. The van der Waals surface area contributed by atoms with Crippen molar-refractivity contribution in [3.8, 4) is 0 Å². The predicted molar refractivity (Wildman–Crippen MR) is 79.0 cm³/mol. The molecule has 0 saturated heterocycles. The van der Waals surface area contributed by atoms with Crippen molar-refractivity contribution in [3.05, 3.63) is 16.1 Å². The van der Waals surface area contributed by atoms with Crippen molar-refractivity contribution in [2.24, 2.45) is 0 Å². The highest BCUT2D eigenvalue weighted by Gasteiger charge is 2.09. The summed E-state index contributed by atoms with van der Waals surface area (Å²) in [6, 6.07) is 2.03. The highest BCUT2D eigenvalue weighted by atomic mass is 35.5. The SMILES string of the molecule is CCc1cc2c(Cl)nc(NCCNC(C)=O)nc2s1. The lowest BCUT2D eigenvalue weighted by Gasteiger charge is -2.05. The first-order chi connectivity index (χ1) is 9.10. The van der Waals surface area contributed by atoms with E-state index in [1.807, 2.05) is 6.07 Å². The molecule has 2 heterocycles. The summed E-state index contributed by atoms with van der Waals surface area (Å²) < 4.78 is 0. The molecule has 5 nitrogen and oxygen atoms in total. The Morgan fingerprint density at radius 2 is 2.21 bits per heavy atom. The lowest BCUT2D eigenvalue weighted by molar-refractivity contribution is -0.118. The normalized spacial score (nSPS) is 10.7.